The molecule has 0 aliphatic carbocycles. The Morgan fingerprint density at radius 1 is 0.636 bits per heavy atom. The minimum Gasteiger partial charge on any atom is -0.385 e. The summed E-state index contributed by atoms with van der Waals surface area (Å²) >= 11 is 3.52. The summed E-state index contributed by atoms with van der Waals surface area (Å²) in [7, 11) is 0. The molecule has 4 heteroatoms. The molecule has 0 unspecified atom stereocenters. The first-order valence-corrected chi connectivity index (χ1v) is 9.39. The fraction of sp³-hybridized carbons (Fsp3) is 0.222. The monoisotopic (exact) mass is 328 g/mol. The van der Waals surface area contributed by atoms with Crippen LogP contribution in [0.3, 0.4) is 0 Å². The molecule has 0 bridgehead atoms. The van der Waals surface area contributed by atoms with Gasteiger partial charge in [-0.05, 0) is 81.9 Å². The number of thiophene rings is 2. The molecule has 22 heavy (non-hydrogen) atoms. The number of nitrogens with one attached hydrogen (secondary N) is 2. The quantitative estimate of drug-likeness (QED) is 0.600. The van der Waals surface area contributed by atoms with Crippen LogP contribution in [0.2, 0.25) is 0 Å². The van der Waals surface area contributed by atoms with E-state index >= 15 is 0 Å². The lowest BCUT2D eigenvalue weighted by molar-refractivity contribution is 1.02. The molecule has 0 aliphatic heterocycles. The second kappa shape index (κ2) is 8.01. The van der Waals surface area contributed by atoms with Crippen LogP contribution < -0.4 is 10.6 Å². The molecule has 3 aromatic rings. The zero-order chi connectivity index (χ0) is 15.0. The fourth-order valence-electron chi connectivity index (χ4n) is 2.28. The van der Waals surface area contributed by atoms with Gasteiger partial charge in [-0.25, -0.2) is 0 Å². The lowest BCUT2D eigenvalue weighted by Crippen LogP contribution is -2.06. The first-order chi connectivity index (χ1) is 10.9. The summed E-state index contributed by atoms with van der Waals surface area (Å²) in [6.45, 7) is 1.95. The van der Waals surface area contributed by atoms with Crippen molar-refractivity contribution >= 4 is 34.0 Å². The summed E-state index contributed by atoms with van der Waals surface area (Å²) in [6, 6.07) is 12.9. The summed E-state index contributed by atoms with van der Waals surface area (Å²) < 4.78 is 0. The number of rotatable bonds is 8. The summed E-state index contributed by atoms with van der Waals surface area (Å²) in [4.78, 5) is 0. The number of benzene rings is 1. The van der Waals surface area contributed by atoms with Crippen LogP contribution in [0.4, 0.5) is 11.4 Å². The van der Waals surface area contributed by atoms with Crippen molar-refractivity contribution < 1.29 is 0 Å². The molecule has 3 rings (SSSR count). The van der Waals surface area contributed by atoms with E-state index in [2.05, 4.69) is 68.6 Å². The highest BCUT2D eigenvalue weighted by atomic mass is 32.1. The van der Waals surface area contributed by atoms with Gasteiger partial charge in [-0.15, -0.1) is 0 Å². The van der Waals surface area contributed by atoms with Gasteiger partial charge in [0, 0.05) is 24.5 Å². The maximum absolute atomic E-state index is 3.47. The van der Waals surface area contributed by atoms with Crippen LogP contribution in [0, 0.1) is 0 Å². The van der Waals surface area contributed by atoms with Gasteiger partial charge in [0.1, 0.15) is 0 Å². The van der Waals surface area contributed by atoms with Crippen molar-refractivity contribution in [2.24, 2.45) is 0 Å². The summed E-state index contributed by atoms with van der Waals surface area (Å²) in [6.07, 6.45) is 2.15. The lowest BCUT2D eigenvalue weighted by atomic mass is 10.2. The predicted molar refractivity (Wildman–Crippen MR) is 99.5 cm³/mol. The molecule has 2 N–H and O–H groups in total. The van der Waals surface area contributed by atoms with Gasteiger partial charge in [-0.3, -0.25) is 0 Å². The molecule has 0 aliphatic rings. The summed E-state index contributed by atoms with van der Waals surface area (Å²) in [5.74, 6) is 0. The van der Waals surface area contributed by atoms with Gasteiger partial charge in [0.15, 0.2) is 0 Å². The van der Waals surface area contributed by atoms with Crippen LogP contribution in [0.15, 0.2) is 57.9 Å². The van der Waals surface area contributed by atoms with E-state index < -0.39 is 0 Å². The van der Waals surface area contributed by atoms with Crippen LogP contribution in [0.1, 0.15) is 11.1 Å². The van der Waals surface area contributed by atoms with Crippen molar-refractivity contribution in [2.45, 2.75) is 12.8 Å². The van der Waals surface area contributed by atoms with Gasteiger partial charge < -0.3 is 10.6 Å². The van der Waals surface area contributed by atoms with E-state index in [-0.39, 0.29) is 0 Å². The molecule has 1 aromatic carbocycles. The molecule has 2 heterocycles. The average molecular weight is 329 g/mol. The van der Waals surface area contributed by atoms with E-state index in [9.17, 15) is 0 Å². The molecule has 0 atom stereocenters. The molecule has 0 radical (unpaired) electrons. The predicted octanol–water partition coefficient (Wildman–Crippen LogP) is 5.12. The van der Waals surface area contributed by atoms with Crippen molar-refractivity contribution in [3.05, 3.63) is 69.0 Å². The highest BCUT2D eigenvalue weighted by molar-refractivity contribution is 7.08. The molecule has 0 fully saturated rings. The van der Waals surface area contributed by atoms with Gasteiger partial charge in [0.25, 0.3) is 0 Å². The molecule has 0 saturated carbocycles. The van der Waals surface area contributed by atoms with Gasteiger partial charge in [-0.1, -0.05) is 0 Å². The Labute approximate surface area is 139 Å². The lowest BCUT2D eigenvalue weighted by Gasteiger charge is -2.09. The fourth-order valence-corrected chi connectivity index (χ4v) is 3.68. The second-order valence-corrected chi connectivity index (χ2v) is 6.75. The Morgan fingerprint density at radius 2 is 1.09 bits per heavy atom. The maximum Gasteiger partial charge on any atom is 0.0341 e. The van der Waals surface area contributed by atoms with E-state index in [1.165, 1.54) is 22.5 Å². The molecular formula is C18H20N2S2. The first-order valence-electron chi connectivity index (χ1n) is 7.50. The van der Waals surface area contributed by atoms with E-state index in [4.69, 9.17) is 0 Å². The Bertz CT molecular complexity index is 584. The molecule has 2 nitrogen and oxygen atoms in total. The number of hydrogen-bond donors (Lipinski definition) is 2. The van der Waals surface area contributed by atoms with Crippen LogP contribution in [-0.2, 0) is 12.8 Å². The van der Waals surface area contributed by atoms with Gasteiger partial charge in [-0.2, -0.15) is 22.7 Å². The van der Waals surface area contributed by atoms with Crippen LogP contribution in [0.25, 0.3) is 0 Å². The van der Waals surface area contributed by atoms with Crippen LogP contribution >= 0.6 is 22.7 Å². The highest BCUT2D eigenvalue weighted by Gasteiger charge is 1.97. The minimum atomic E-state index is 0.974. The Balaban J connectivity index is 1.39. The van der Waals surface area contributed by atoms with E-state index in [1.54, 1.807) is 22.7 Å². The second-order valence-electron chi connectivity index (χ2n) is 5.19. The van der Waals surface area contributed by atoms with Gasteiger partial charge in [0.2, 0.25) is 0 Å². The van der Waals surface area contributed by atoms with Gasteiger partial charge >= 0.3 is 0 Å². The van der Waals surface area contributed by atoms with Crippen molar-refractivity contribution in [1.82, 2.24) is 0 Å². The zero-order valence-electron chi connectivity index (χ0n) is 12.4. The normalized spacial score (nSPS) is 10.5. The van der Waals surface area contributed by atoms with Crippen LogP contribution in [0.5, 0.6) is 0 Å². The van der Waals surface area contributed by atoms with Crippen molar-refractivity contribution in [3.8, 4) is 0 Å². The smallest absolute Gasteiger partial charge is 0.0341 e. The van der Waals surface area contributed by atoms with Crippen LogP contribution in [-0.4, -0.2) is 13.1 Å². The van der Waals surface area contributed by atoms with E-state index in [1.807, 2.05) is 0 Å². The van der Waals surface area contributed by atoms with E-state index in [0.29, 0.717) is 0 Å². The van der Waals surface area contributed by atoms with Crippen molar-refractivity contribution in [2.75, 3.05) is 23.7 Å². The summed E-state index contributed by atoms with van der Waals surface area (Å²) in [5.41, 5.74) is 5.17. The minimum absolute atomic E-state index is 0.974. The maximum atomic E-state index is 3.47. The molecule has 0 saturated heterocycles. The average Bonchev–Trinajstić information content (AvgIpc) is 3.22. The zero-order valence-corrected chi connectivity index (χ0v) is 14.1. The molecule has 0 amide bonds. The third kappa shape index (κ3) is 4.61. The largest absolute Gasteiger partial charge is 0.385 e. The van der Waals surface area contributed by atoms with E-state index in [0.717, 1.165) is 25.9 Å². The molecule has 0 spiro atoms. The number of anilines is 2. The topological polar surface area (TPSA) is 24.1 Å². The summed E-state index contributed by atoms with van der Waals surface area (Å²) in [5, 5.41) is 15.6. The van der Waals surface area contributed by atoms with Gasteiger partial charge in [0.05, 0.1) is 0 Å². The molecule has 114 valence electrons. The SMILES string of the molecule is c1cc(CCNc2ccc(NCCc3ccsc3)cc2)cs1. The van der Waals surface area contributed by atoms with Crippen molar-refractivity contribution in [1.29, 1.82) is 0 Å². The Hall–Kier alpha value is -1.78. The third-order valence-corrected chi connectivity index (χ3v) is 4.99. The molecule has 2 aromatic heterocycles. The van der Waals surface area contributed by atoms with Crippen molar-refractivity contribution in [3.63, 3.8) is 0 Å². The number of hydrogen-bond acceptors (Lipinski definition) is 4. The third-order valence-electron chi connectivity index (χ3n) is 3.53. The standard InChI is InChI=1S/C18H20N2S2/c1-2-18(20-10-6-16-8-12-22-14-16)4-3-17(1)19-9-5-15-7-11-21-13-15/h1-4,7-8,11-14,19-20H,5-6,9-10H2. The molecular weight excluding hydrogens is 308 g/mol. The highest BCUT2D eigenvalue weighted by Crippen LogP contribution is 2.14. The Kier molecular flexibility index (Phi) is 5.51. The Morgan fingerprint density at radius 3 is 1.45 bits per heavy atom. The first kappa shape index (κ1) is 15.1.